The molecule has 0 aromatic carbocycles. The standard InChI is InChI=1S/C15H26N4/c1-5-13-7-6-8-19(13)14-11-16-12(9-17-14)10-18-15(2,3)4/h9,11,13,18H,5-8,10H2,1-4H3. The largest absolute Gasteiger partial charge is 0.352 e. The normalized spacial score (nSPS) is 20.0. The van der Waals surface area contributed by atoms with Crippen LogP contribution in [-0.4, -0.2) is 28.1 Å². The number of nitrogens with one attached hydrogen (secondary N) is 1. The van der Waals surface area contributed by atoms with Crippen LogP contribution in [0, 0.1) is 0 Å². The van der Waals surface area contributed by atoms with Crippen LogP contribution >= 0.6 is 0 Å². The van der Waals surface area contributed by atoms with Crippen LogP contribution in [-0.2, 0) is 6.54 Å². The van der Waals surface area contributed by atoms with Crippen LogP contribution in [0.4, 0.5) is 5.82 Å². The second-order valence-electron chi connectivity index (χ2n) is 6.37. The smallest absolute Gasteiger partial charge is 0.147 e. The highest BCUT2D eigenvalue weighted by atomic mass is 15.2. The van der Waals surface area contributed by atoms with Crippen LogP contribution in [0.2, 0.25) is 0 Å². The third-order valence-corrected chi connectivity index (χ3v) is 3.63. The summed E-state index contributed by atoms with van der Waals surface area (Å²) in [4.78, 5) is 11.5. The highest BCUT2D eigenvalue weighted by Gasteiger charge is 2.24. The molecule has 1 aromatic rings. The van der Waals surface area contributed by atoms with Gasteiger partial charge in [-0.15, -0.1) is 0 Å². The Hall–Kier alpha value is -1.16. The van der Waals surface area contributed by atoms with Gasteiger partial charge in [-0.2, -0.15) is 0 Å². The van der Waals surface area contributed by atoms with Crippen molar-refractivity contribution in [2.24, 2.45) is 0 Å². The summed E-state index contributed by atoms with van der Waals surface area (Å²) in [5.74, 6) is 1.03. The molecule has 1 aliphatic rings. The first-order chi connectivity index (χ1) is 8.99. The minimum absolute atomic E-state index is 0.114. The maximum atomic E-state index is 4.58. The molecule has 1 saturated heterocycles. The Labute approximate surface area is 116 Å². The molecule has 0 bridgehead atoms. The van der Waals surface area contributed by atoms with E-state index in [1.54, 1.807) is 0 Å². The van der Waals surface area contributed by atoms with E-state index in [1.165, 1.54) is 19.3 Å². The Morgan fingerprint density at radius 1 is 1.32 bits per heavy atom. The van der Waals surface area contributed by atoms with E-state index >= 15 is 0 Å². The predicted octanol–water partition coefficient (Wildman–Crippen LogP) is 2.74. The predicted molar refractivity (Wildman–Crippen MR) is 79.3 cm³/mol. The molecule has 4 nitrogen and oxygen atoms in total. The van der Waals surface area contributed by atoms with E-state index in [9.17, 15) is 0 Å². The lowest BCUT2D eigenvalue weighted by molar-refractivity contribution is 0.421. The highest BCUT2D eigenvalue weighted by molar-refractivity contribution is 5.38. The van der Waals surface area contributed by atoms with Crippen LogP contribution in [0.5, 0.6) is 0 Å². The third kappa shape index (κ3) is 3.90. The summed E-state index contributed by atoms with van der Waals surface area (Å²) in [5.41, 5.74) is 1.12. The van der Waals surface area contributed by atoms with E-state index in [0.717, 1.165) is 24.6 Å². The first-order valence-corrected chi connectivity index (χ1v) is 7.32. The Balaban J connectivity index is 1.98. The molecule has 0 radical (unpaired) electrons. The molecular weight excluding hydrogens is 236 g/mol. The molecule has 0 amide bonds. The molecule has 2 rings (SSSR count). The fourth-order valence-electron chi connectivity index (χ4n) is 2.51. The summed E-state index contributed by atoms with van der Waals surface area (Å²) < 4.78 is 0. The van der Waals surface area contributed by atoms with Crippen LogP contribution in [0.3, 0.4) is 0 Å². The lowest BCUT2D eigenvalue weighted by Crippen LogP contribution is -2.35. The Bertz CT molecular complexity index is 394. The van der Waals surface area contributed by atoms with Crippen molar-refractivity contribution >= 4 is 5.82 Å². The zero-order chi connectivity index (χ0) is 13.9. The number of rotatable bonds is 4. The van der Waals surface area contributed by atoms with Gasteiger partial charge < -0.3 is 10.2 Å². The summed E-state index contributed by atoms with van der Waals surface area (Å²) in [6.45, 7) is 10.6. The summed E-state index contributed by atoms with van der Waals surface area (Å²) in [6.07, 6.45) is 7.57. The van der Waals surface area contributed by atoms with E-state index < -0.39 is 0 Å². The molecule has 0 aliphatic carbocycles. The fraction of sp³-hybridized carbons (Fsp3) is 0.733. The molecule has 1 fully saturated rings. The number of hydrogen-bond acceptors (Lipinski definition) is 4. The lowest BCUT2D eigenvalue weighted by atomic mass is 10.1. The van der Waals surface area contributed by atoms with E-state index in [-0.39, 0.29) is 5.54 Å². The summed E-state index contributed by atoms with van der Waals surface area (Å²) >= 11 is 0. The Morgan fingerprint density at radius 3 is 2.68 bits per heavy atom. The average molecular weight is 262 g/mol. The van der Waals surface area contributed by atoms with Crippen LogP contribution < -0.4 is 10.2 Å². The maximum Gasteiger partial charge on any atom is 0.147 e. The summed E-state index contributed by atoms with van der Waals surface area (Å²) in [5, 5.41) is 3.43. The van der Waals surface area contributed by atoms with Crippen LogP contribution in [0.15, 0.2) is 12.4 Å². The van der Waals surface area contributed by atoms with Crippen molar-refractivity contribution in [3.8, 4) is 0 Å². The number of anilines is 1. The minimum atomic E-state index is 0.114. The first-order valence-electron chi connectivity index (χ1n) is 7.32. The van der Waals surface area contributed by atoms with Gasteiger partial charge in [0.05, 0.1) is 18.1 Å². The molecule has 1 aliphatic heterocycles. The maximum absolute atomic E-state index is 4.58. The van der Waals surface area contributed by atoms with Gasteiger partial charge in [-0.05, 0) is 40.0 Å². The van der Waals surface area contributed by atoms with Gasteiger partial charge in [0.1, 0.15) is 5.82 Å². The molecule has 19 heavy (non-hydrogen) atoms. The molecule has 0 saturated carbocycles. The SMILES string of the molecule is CCC1CCCN1c1cnc(CNC(C)(C)C)cn1. The van der Waals surface area contributed by atoms with E-state index in [0.29, 0.717) is 6.04 Å². The van der Waals surface area contributed by atoms with Gasteiger partial charge in [0, 0.05) is 24.7 Å². The van der Waals surface area contributed by atoms with Crippen LogP contribution in [0.25, 0.3) is 0 Å². The van der Waals surface area contributed by atoms with E-state index in [4.69, 9.17) is 0 Å². The van der Waals surface area contributed by atoms with Crippen molar-refractivity contribution in [2.75, 3.05) is 11.4 Å². The molecule has 1 N–H and O–H groups in total. The van der Waals surface area contributed by atoms with Gasteiger partial charge >= 0.3 is 0 Å². The topological polar surface area (TPSA) is 41.1 Å². The van der Waals surface area contributed by atoms with Gasteiger partial charge in [-0.25, -0.2) is 4.98 Å². The summed E-state index contributed by atoms with van der Waals surface area (Å²) in [7, 11) is 0. The quantitative estimate of drug-likeness (QED) is 0.906. The molecule has 106 valence electrons. The molecule has 0 spiro atoms. The highest BCUT2D eigenvalue weighted by Crippen LogP contribution is 2.24. The fourth-order valence-corrected chi connectivity index (χ4v) is 2.51. The van der Waals surface area contributed by atoms with Gasteiger partial charge in [-0.1, -0.05) is 6.92 Å². The van der Waals surface area contributed by atoms with Gasteiger partial charge in [0.15, 0.2) is 0 Å². The minimum Gasteiger partial charge on any atom is -0.352 e. The second kappa shape index (κ2) is 5.87. The van der Waals surface area contributed by atoms with E-state index in [1.807, 2.05) is 12.4 Å². The van der Waals surface area contributed by atoms with Gasteiger partial charge in [0.25, 0.3) is 0 Å². The third-order valence-electron chi connectivity index (χ3n) is 3.63. The zero-order valence-corrected chi connectivity index (χ0v) is 12.6. The number of aromatic nitrogens is 2. The first kappa shape index (κ1) is 14.3. The van der Waals surface area contributed by atoms with Crippen molar-refractivity contribution in [3.63, 3.8) is 0 Å². The second-order valence-corrected chi connectivity index (χ2v) is 6.37. The molecule has 4 heteroatoms. The lowest BCUT2D eigenvalue weighted by Gasteiger charge is -2.24. The molecule has 1 atom stereocenters. The van der Waals surface area contributed by atoms with Crippen molar-refractivity contribution in [1.29, 1.82) is 0 Å². The van der Waals surface area contributed by atoms with Crippen molar-refractivity contribution in [2.45, 2.75) is 65.1 Å². The van der Waals surface area contributed by atoms with Gasteiger partial charge in [0.2, 0.25) is 0 Å². The zero-order valence-electron chi connectivity index (χ0n) is 12.6. The van der Waals surface area contributed by atoms with Crippen LogP contribution in [0.1, 0.15) is 52.7 Å². The van der Waals surface area contributed by atoms with Crippen molar-refractivity contribution in [3.05, 3.63) is 18.1 Å². The summed E-state index contributed by atoms with van der Waals surface area (Å²) in [6, 6.07) is 0.646. The molecule has 1 aromatic heterocycles. The van der Waals surface area contributed by atoms with Crippen molar-refractivity contribution in [1.82, 2.24) is 15.3 Å². The Morgan fingerprint density at radius 2 is 2.11 bits per heavy atom. The Kier molecular flexibility index (Phi) is 4.40. The average Bonchev–Trinajstić information content (AvgIpc) is 2.84. The molecular formula is C15H26N4. The number of nitrogens with zero attached hydrogens (tertiary/aromatic N) is 3. The van der Waals surface area contributed by atoms with Gasteiger partial charge in [-0.3, -0.25) is 4.98 Å². The van der Waals surface area contributed by atoms with E-state index in [2.05, 4.69) is 47.9 Å². The monoisotopic (exact) mass is 262 g/mol. The van der Waals surface area contributed by atoms with Crippen molar-refractivity contribution < 1.29 is 0 Å². The molecule has 1 unspecified atom stereocenters. The molecule has 2 heterocycles. The number of hydrogen-bond donors (Lipinski definition) is 1.